The van der Waals surface area contributed by atoms with E-state index in [-0.39, 0.29) is 11.2 Å². The first-order chi connectivity index (χ1) is 10.9. The van der Waals surface area contributed by atoms with Crippen molar-refractivity contribution in [1.82, 2.24) is 0 Å². The molecule has 0 amide bonds. The predicted molar refractivity (Wildman–Crippen MR) is 86.7 cm³/mol. The van der Waals surface area contributed by atoms with Crippen LogP contribution in [0, 0.1) is 34.5 Å². The van der Waals surface area contributed by atoms with Crippen molar-refractivity contribution >= 4 is 17.9 Å². The van der Waals surface area contributed by atoms with Gasteiger partial charge in [0.25, 0.3) is 0 Å². The number of ketones is 2. The lowest BCUT2D eigenvalue weighted by Gasteiger charge is -2.57. The summed E-state index contributed by atoms with van der Waals surface area (Å²) in [7, 11) is 0. The third-order valence-electron chi connectivity index (χ3n) is 7.79. The summed E-state index contributed by atoms with van der Waals surface area (Å²) in [6, 6.07) is 0. The maximum absolute atomic E-state index is 12.5. The monoisotopic (exact) mass is 314 g/mol. The standard InChI is InChI=1S/C20H26O3/c1-12-9-13-10-14(22)5-8-20(13,11-21)16-6-7-19(2)15(18(12)16)3-4-17(19)23/h9,11-12,15-16,18H,3-8,10H2,1-2H3/t12?,15-,16+,18-,19-,20+/m0/s1. The van der Waals surface area contributed by atoms with Crippen molar-refractivity contribution in [2.24, 2.45) is 34.5 Å². The molecule has 0 radical (unpaired) electrons. The largest absolute Gasteiger partial charge is 0.302 e. The van der Waals surface area contributed by atoms with Crippen LogP contribution in [-0.2, 0) is 14.4 Å². The van der Waals surface area contributed by atoms with Crippen LogP contribution in [0.25, 0.3) is 0 Å². The van der Waals surface area contributed by atoms with E-state index >= 15 is 0 Å². The smallest absolute Gasteiger partial charge is 0.139 e. The SMILES string of the molecule is CC1C=C2CC(=O)CC[C@]2(C=O)[C@@H]2CC[C@]3(C)C(=O)CC[C@H]3[C@H]12. The molecule has 6 atom stereocenters. The van der Waals surface area contributed by atoms with Crippen LogP contribution >= 0.6 is 0 Å². The van der Waals surface area contributed by atoms with E-state index in [2.05, 4.69) is 19.9 Å². The van der Waals surface area contributed by atoms with E-state index in [1.165, 1.54) is 0 Å². The summed E-state index contributed by atoms with van der Waals surface area (Å²) in [5.74, 6) is 2.23. The molecule has 4 aliphatic carbocycles. The minimum absolute atomic E-state index is 0.171. The highest BCUT2D eigenvalue weighted by atomic mass is 16.1. The Morgan fingerprint density at radius 3 is 2.65 bits per heavy atom. The molecule has 1 unspecified atom stereocenters. The van der Waals surface area contributed by atoms with Crippen molar-refractivity contribution in [3.63, 3.8) is 0 Å². The molecular weight excluding hydrogens is 288 g/mol. The molecule has 0 heterocycles. The van der Waals surface area contributed by atoms with Crippen LogP contribution in [0.3, 0.4) is 0 Å². The highest BCUT2D eigenvalue weighted by Gasteiger charge is 2.61. The van der Waals surface area contributed by atoms with E-state index in [4.69, 9.17) is 0 Å². The summed E-state index contributed by atoms with van der Waals surface area (Å²) in [6.07, 6.45) is 8.64. The second kappa shape index (κ2) is 4.87. The lowest BCUT2D eigenvalue weighted by atomic mass is 9.46. The van der Waals surface area contributed by atoms with Crippen molar-refractivity contribution in [3.8, 4) is 0 Å². The van der Waals surface area contributed by atoms with Crippen molar-refractivity contribution in [3.05, 3.63) is 11.6 Å². The Morgan fingerprint density at radius 1 is 1.13 bits per heavy atom. The van der Waals surface area contributed by atoms with Gasteiger partial charge >= 0.3 is 0 Å². The Kier molecular flexibility index (Phi) is 3.24. The average molecular weight is 314 g/mol. The van der Waals surface area contributed by atoms with Gasteiger partial charge in [0.05, 0.1) is 5.41 Å². The van der Waals surface area contributed by atoms with Crippen LogP contribution in [0.1, 0.15) is 58.8 Å². The summed E-state index contributed by atoms with van der Waals surface area (Å²) in [4.78, 5) is 36.6. The second-order valence-electron chi connectivity index (χ2n) is 8.63. The molecule has 4 aliphatic rings. The summed E-state index contributed by atoms with van der Waals surface area (Å²) in [5, 5.41) is 0. The first-order valence-corrected chi connectivity index (χ1v) is 9.15. The summed E-state index contributed by atoms with van der Waals surface area (Å²) < 4.78 is 0. The number of allylic oxidation sites excluding steroid dienone is 2. The lowest BCUT2D eigenvalue weighted by molar-refractivity contribution is -0.137. The van der Waals surface area contributed by atoms with Crippen molar-refractivity contribution < 1.29 is 14.4 Å². The molecule has 3 heteroatoms. The molecule has 23 heavy (non-hydrogen) atoms. The molecule has 0 aromatic carbocycles. The number of carbonyl (C=O) groups excluding carboxylic acids is 3. The third-order valence-corrected chi connectivity index (χ3v) is 7.79. The van der Waals surface area contributed by atoms with Crippen LogP contribution < -0.4 is 0 Å². The molecule has 3 fully saturated rings. The number of Topliss-reactive ketones (excluding diaryl/α,β-unsaturated/α-hetero) is 2. The third kappa shape index (κ3) is 1.85. The van der Waals surface area contributed by atoms with Gasteiger partial charge in [-0.2, -0.15) is 0 Å². The van der Waals surface area contributed by atoms with Gasteiger partial charge in [0.2, 0.25) is 0 Å². The number of carbonyl (C=O) groups is 3. The minimum Gasteiger partial charge on any atom is -0.302 e. The van der Waals surface area contributed by atoms with Crippen molar-refractivity contribution in [2.45, 2.75) is 58.8 Å². The van der Waals surface area contributed by atoms with Crippen LogP contribution in [0.5, 0.6) is 0 Å². The van der Waals surface area contributed by atoms with Gasteiger partial charge in [-0.15, -0.1) is 0 Å². The maximum Gasteiger partial charge on any atom is 0.139 e. The van der Waals surface area contributed by atoms with Crippen LogP contribution in [0.4, 0.5) is 0 Å². The molecule has 0 aromatic rings. The highest BCUT2D eigenvalue weighted by molar-refractivity contribution is 5.88. The number of hydrogen-bond donors (Lipinski definition) is 0. The molecule has 0 spiro atoms. The molecule has 0 N–H and O–H groups in total. The topological polar surface area (TPSA) is 51.2 Å². The molecule has 3 saturated carbocycles. The van der Waals surface area contributed by atoms with E-state index in [0.29, 0.717) is 55.1 Å². The normalized spacial score (nSPS) is 49.0. The fourth-order valence-corrected chi connectivity index (χ4v) is 6.56. The Morgan fingerprint density at radius 2 is 1.91 bits per heavy atom. The van der Waals surface area contributed by atoms with Crippen molar-refractivity contribution in [1.29, 1.82) is 0 Å². The molecular formula is C20H26O3. The van der Waals surface area contributed by atoms with Gasteiger partial charge in [0, 0.05) is 24.7 Å². The predicted octanol–water partition coefficient (Wildman–Crippen LogP) is 3.51. The van der Waals surface area contributed by atoms with E-state index in [1.54, 1.807) is 0 Å². The van der Waals surface area contributed by atoms with Crippen molar-refractivity contribution in [2.75, 3.05) is 0 Å². The zero-order chi connectivity index (χ0) is 16.4. The van der Waals surface area contributed by atoms with Gasteiger partial charge in [0.15, 0.2) is 0 Å². The quantitative estimate of drug-likeness (QED) is 0.550. The zero-order valence-corrected chi connectivity index (χ0v) is 14.1. The number of rotatable bonds is 1. The number of fused-ring (bicyclic) bond motifs is 5. The fraction of sp³-hybridized carbons (Fsp3) is 0.750. The molecule has 4 rings (SSSR count). The van der Waals surface area contributed by atoms with E-state index in [9.17, 15) is 14.4 Å². The fourth-order valence-electron chi connectivity index (χ4n) is 6.56. The molecule has 124 valence electrons. The van der Waals surface area contributed by atoms with Gasteiger partial charge in [-0.1, -0.05) is 25.5 Å². The average Bonchev–Trinajstić information content (AvgIpc) is 2.83. The van der Waals surface area contributed by atoms with Gasteiger partial charge in [-0.25, -0.2) is 0 Å². The number of aldehydes is 1. The van der Waals surface area contributed by atoms with Crippen LogP contribution in [-0.4, -0.2) is 17.9 Å². The van der Waals surface area contributed by atoms with Crippen LogP contribution in [0.2, 0.25) is 0 Å². The first-order valence-electron chi connectivity index (χ1n) is 9.15. The first kappa shape index (κ1) is 15.3. The lowest BCUT2D eigenvalue weighted by Crippen LogP contribution is -2.54. The van der Waals surface area contributed by atoms with Gasteiger partial charge in [-0.3, -0.25) is 9.59 Å². The van der Waals surface area contributed by atoms with Crippen LogP contribution in [0.15, 0.2) is 11.6 Å². The Hall–Kier alpha value is -1.25. The van der Waals surface area contributed by atoms with Gasteiger partial charge in [-0.05, 0) is 49.4 Å². The molecule has 3 nitrogen and oxygen atoms in total. The van der Waals surface area contributed by atoms with Gasteiger partial charge < -0.3 is 4.79 Å². The maximum atomic E-state index is 12.5. The summed E-state index contributed by atoms with van der Waals surface area (Å²) in [5.41, 5.74) is 0.498. The van der Waals surface area contributed by atoms with Gasteiger partial charge in [0.1, 0.15) is 17.9 Å². The minimum atomic E-state index is -0.419. The van der Waals surface area contributed by atoms with E-state index < -0.39 is 5.41 Å². The van der Waals surface area contributed by atoms with E-state index in [1.807, 2.05) is 0 Å². The Balaban J connectivity index is 1.80. The highest BCUT2D eigenvalue weighted by Crippen LogP contribution is 2.64. The molecule has 0 saturated heterocycles. The zero-order valence-electron chi connectivity index (χ0n) is 14.1. The molecule has 0 aliphatic heterocycles. The summed E-state index contributed by atoms with van der Waals surface area (Å²) >= 11 is 0. The Bertz CT molecular complexity index is 618. The number of hydrogen-bond acceptors (Lipinski definition) is 3. The summed E-state index contributed by atoms with van der Waals surface area (Å²) in [6.45, 7) is 4.39. The molecule has 0 bridgehead atoms. The molecule has 0 aromatic heterocycles. The second-order valence-corrected chi connectivity index (χ2v) is 8.63. The Labute approximate surface area is 137 Å². The van der Waals surface area contributed by atoms with E-state index in [0.717, 1.165) is 31.1 Å².